The Hall–Kier alpha value is -2.09. The van der Waals surface area contributed by atoms with Crippen LogP contribution >= 0.6 is 22.9 Å². The molecule has 0 aliphatic heterocycles. The minimum atomic E-state index is -0.0150. The molecule has 0 unspecified atom stereocenters. The van der Waals surface area contributed by atoms with Crippen LogP contribution in [0.5, 0.6) is 0 Å². The number of amides is 1. The van der Waals surface area contributed by atoms with Crippen molar-refractivity contribution in [2.24, 2.45) is 5.73 Å². The fourth-order valence-corrected chi connectivity index (χ4v) is 5.63. The number of carbonyl (C=O) groups excluding carboxylic acids is 1. The Kier molecular flexibility index (Phi) is 4.84. The third-order valence-corrected chi connectivity index (χ3v) is 6.79. The van der Waals surface area contributed by atoms with E-state index in [1.54, 1.807) is 11.3 Å². The van der Waals surface area contributed by atoms with E-state index in [4.69, 9.17) is 5.73 Å². The second-order valence-corrected chi connectivity index (χ2v) is 8.26. The highest BCUT2D eigenvalue weighted by molar-refractivity contribution is 7.16. The lowest BCUT2D eigenvalue weighted by Gasteiger charge is -2.15. The third kappa shape index (κ3) is 3.06. The molecular weight excluding hydrogens is 364 g/mol. The van der Waals surface area contributed by atoms with E-state index in [0.717, 1.165) is 35.4 Å². The topological polar surface area (TPSA) is 80.9 Å². The van der Waals surface area contributed by atoms with Crippen LogP contribution in [-0.2, 0) is 19.3 Å². The molecule has 0 bridgehead atoms. The number of fused-ring (bicyclic) bond motifs is 3. The number of thiophene rings is 1. The number of pyridine rings is 1. The van der Waals surface area contributed by atoms with Crippen LogP contribution in [0.3, 0.4) is 0 Å². The first-order chi connectivity index (χ1) is 12.7. The number of carbonyl (C=O) groups is 1. The second kappa shape index (κ2) is 7.26. The predicted octanol–water partition coefficient (Wildman–Crippen LogP) is 2.95. The van der Waals surface area contributed by atoms with E-state index in [9.17, 15) is 4.79 Å². The van der Waals surface area contributed by atoms with Crippen molar-refractivity contribution in [2.45, 2.75) is 26.2 Å². The molecule has 7 heteroatoms. The molecule has 1 aliphatic carbocycles. The first-order valence-electron chi connectivity index (χ1n) is 8.66. The van der Waals surface area contributed by atoms with Crippen LogP contribution in [0.2, 0.25) is 0 Å². The van der Waals surface area contributed by atoms with Gasteiger partial charge in [-0.2, -0.15) is 0 Å². The summed E-state index contributed by atoms with van der Waals surface area (Å²) in [6.45, 7) is 2.97. The molecular formula is C19H20N4OS2. The molecule has 1 amide bonds. The van der Waals surface area contributed by atoms with Gasteiger partial charge in [0.2, 0.25) is 0 Å². The Morgan fingerprint density at radius 1 is 1.38 bits per heavy atom. The molecule has 0 saturated carbocycles. The first kappa shape index (κ1) is 17.3. The zero-order valence-corrected chi connectivity index (χ0v) is 16.2. The van der Waals surface area contributed by atoms with Gasteiger partial charge in [-0.25, -0.2) is 4.37 Å². The lowest BCUT2D eigenvalue weighted by Crippen LogP contribution is -2.29. The minimum Gasteiger partial charge on any atom is -0.350 e. The summed E-state index contributed by atoms with van der Waals surface area (Å²) in [7, 11) is 0. The van der Waals surface area contributed by atoms with Crippen LogP contribution in [0.4, 0.5) is 0 Å². The van der Waals surface area contributed by atoms with Gasteiger partial charge in [0.05, 0.1) is 9.75 Å². The molecule has 3 aromatic rings. The SMILES string of the molecule is Cc1ncccc1Cc1sc(C(=O)NCCN)c2c1-c1sncc1CC2. The maximum atomic E-state index is 12.7. The Bertz CT molecular complexity index is 960. The molecule has 5 nitrogen and oxygen atoms in total. The summed E-state index contributed by atoms with van der Waals surface area (Å²) in [6.07, 6.45) is 6.39. The number of aromatic nitrogens is 2. The molecule has 134 valence electrons. The number of nitrogens with two attached hydrogens (primary N) is 1. The van der Waals surface area contributed by atoms with Gasteiger partial charge in [-0.05, 0) is 54.1 Å². The van der Waals surface area contributed by atoms with Crippen LogP contribution in [0, 0.1) is 6.92 Å². The molecule has 26 heavy (non-hydrogen) atoms. The highest BCUT2D eigenvalue weighted by Gasteiger charge is 2.29. The Morgan fingerprint density at radius 3 is 3.08 bits per heavy atom. The molecule has 0 saturated heterocycles. The van der Waals surface area contributed by atoms with Crippen molar-refractivity contribution in [1.82, 2.24) is 14.7 Å². The summed E-state index contributed by atoms with van der Waals surface area (Å²) in [5.74, 6) is -0.0150. The average Bonchev–Trinajstić information content (AvgIpc) is 3.26. The van der Waals surface area contributed by atoms with E-state index >= 15 is 0 Å². The van der Waals surface area contributed by atoms with Crippen LogP contribution in [-0.4, -0.2) is 28.4 Å². The lowest BCUT2D eigenvalue weighted by atomic mass is 9.90. The number of aryl methyl sites for hydroxylation is 2. The molecule has 0 fully saturated rings. The van der Waals surface area contributed by atoms with Crippen LogP contribution < -0.4 is 11.1 Å². The summed E-state index contributed by atoms with van der Waals surface area (Å²) in [5, 5.41) is 2.93. The van der Waals surface area contributed by atoms with Crippen LogP contribution in [0.15, 0.2) is 24.5 Å². The van der Waals surface area contributed by atoms with Gasteiger partial charge in [-0.3, -0.25) is 9.78 Å². The average molecular weight is 385 g/mol. The van der Waals surface area contributed by atoms with Gasteiger partial charge in [0.15, 0.2) is 0 Å². The quantitative estimate of drug-likeness (QED) is 0.709. The molecule has 3 heterocycles. The highest BCUT2D eigenvalue weighted by atomic mass is 32.1. The van der Waals surface area contributed by atoms with E-state index in [0.29, 0.717) is 13.1 Å². The summed E-state index contributed by atoms with van der Waals surface area (Å²) < 4.78 is 4.39. The number of hydrogen-bond acceptors (Lipinski definition) is 6. The van der Waals surface area contributed by atoms with Crippen LogP contribution in [0.1, 0.15) is 36.9 Å². The Morgan fingerprint density at radius 2 is 2.27 bits per heavy atom. The van der Waals surface area contributed by atoms with Crippen molar-refractivity contribution in [3.05, 3.63) is 56.7 Å². The number of nitrogens with one attached hydrogen (secondary N) is 1. The normalized spacial score (nSPS) is 12.5. The fraction of sp³-hybridized carbons (Fsp3) is 0.316. The van der Waals surface area contributed by atoms with Gasteiger partial charge in [0, 0.05) is 48.0 Å². The Balaban J connectivity index is 1.80. The minimum absolute atomic E-state index is 0.0150. The third-order valence-electron chi connectivity index (χ3n) is 4.70. The van der Waals surface area contributed by atoms with Gasteiger partial charge in [0.1, 0.15) is 0 Å². The van der Waals surface area contributed by atoms with Crippen molar-refractivity contribution >= 4 is 28.8 Å². The molecule has 0 aromatic carbocycles. The zero-order chi connectivity index (χ0) is 18.1. The van der Waals surface area contributed by atoms with Gasteiger partial charge in [-0.1, -0.05) is 6.07 Å². The summed E-state index contributed by atoms with van der Waals surface area (Å²) in [6, 6.07) is 4.08. The van der Waals surface area contributed by atoms with E-state index in [-0.39, 0.29) is 5.91 Å². The van der Waals surface area contributed by atoms with Crippen molar-refractivity contribution in [3.8, 4) is 10.4 Å². The maximum Gasteiger partial charge on any atom is 0.261 e. The van der Waals surface area contributed by atoms with E-state index in [1.807, 2.05) is 25.4 Å². The van der Waals surface area contributed by atoms with E-state index < -0.39 is 0 Å². The summed E-state index contributed by atoms with van der Waals surface area (Å²) in [5.41, 5.74) is 11.4. The van der Waals surface area contributed by atoms with Crippen molar-refractivity contribution < 1.29 is 4.79 Å². The number of nitrogens with zero attached hydrogens (tertiary/aromatic N) is 2. The molecule has 4 rings (SSSR count). The fourth-order valence-electron chi connectivity index (χ4n) is 3.37. The number of hydrogen-bond donors (Lipinski definition) is 2. The summed E-state index contributed by atoms with van der Waals surface area (Å²) in [4.78, 5) is 20.3. The first-order valence-corrected chi connectivity index (χ1v) is 10.2. The standard InChI is InChI=1S/C19H20N4OS2/c1-11-12(3-2-7-21-11)9-15-16-14(5-4-13-10-23-26-17(13)16)18(25-15)19(24)22-8-6-20/h2-3,7,10H,4-6,8-9,20H2,1H3,(H,22,24). The predicted molar refractivity (Wildman–Crippen MR) is 106 cm³/mol. The van der Waals surface area contributed by atoms with Gasteiger partial charge in [0.25, 0.3) is 5.91 Å². The molecule has 0 atom stereocenters. The van der Waals surface area contributed by atoms with E-state index in [1.165, 1.54) is 38.0 Å². The zero-order valence-electron chi connectivity index (χ0n) is 14.5. The molecule has 0 spiro atoms. The Labute approximate surface area is 160 Å². The smallest absolute Gasteiger partial charge is 0.261 e. The second-order valence-electron chi connectivity index (χ2n) is 6.36. The van der Waals surface area contributed by atoms with Crippen LogP contribution in [0.25, 0.3) is 10.4 Å². The van der Waals surface area contributed by atoms with Crippen molar-refractivity contribution in [2.75, 3.05) is 13.1 Å². The molecule has 3 N–H and O–H groups in total. The number of rotatable bonds is 5. The largest absolute Gasteiger partial charge is 0.350 e. The maximum absolute atomic E-state index is 12.7. The van der Waals surface area contributed by atoms with Gasteiger partial charge >= 0.3 is 0 Å². The summed E-state index contributed by atoms with van der Waals surface area (Å²) >= 11 is 3.13. The van der Waals surface area contributed by atoms with Gasteiger partial charge in [-0.15, -0.1) is 11.3 Å². The monoisotopic (exact) mass is 384 g/mol. The molecule has 3 aromatic heterocycles. The van der Waals surface area contributed by atoms with Crippen molar-refractivity contribution in [3.63, 3.8) is 0 Å². The highest BCUT2D eigenvalue weighted by Crippen LogP contribution is 2.45. The van der Waals surface area contributed by atoms with E-state index in [2.05, 4.69) is 20.7 Å². The van der Waals surface area contributed by atoms with Gasteiger partial charge < -0.3 is 11.1 Å². The lowest BCUT2D eigenvalue weighted by molar-refractivity contribution is 0.0958. The molecule has 1 aliphatic rings. The van der Waals surface area contributed by atoms with Crippen molar-refractivity contribution in [1.29, 1.82) is 0 Å². The molecule has 0 radical (unpaired) electrons.